The van der Waals surface area contributed by atoms with Crippen molar-refractivity contribution in [2.24, 2.45) is 5.92 Å². The molecule has 1 atom stereocenters. The molecule has 0 aromatic carbocycles. The molecule has 18 heavy (non-hydrogen) atoms. The van der Waals surface area contributed by atoms with Gasteiger partial charge in [0, 0.05) is 26.2 Å². The molecule has 4 nitrogen and oxygen atoms in total. The van der Waals surface area contributed by atoms with E-state index in [-0.39, 0.29) is 17.9 Å². The van der Waals surface area contributed by atoms with Crippen LogP contribution in [0.4, 0.5) is 0 Å². The molecular formula is C14H20O4. The predicted molar refractivity (Wildman–Crippen MR) is 67.6 cm³/mol. The largest absolute Gasteiger partial charge is 0.459 e. The van der Waals surface area contributed by atoms with E-state index in [0.717, 1.165) is 5.57 Å². The van der Waals surface area contributed by atoms with Gasteiger partial charge in [-0.1, -0.05) is 12.2 Å². The van der Waals surface area contributed by atoms with Crippen molar-refractivity contribution in [3.63, 3.8) is 0 Å². The highest BCUT2D eigenvalue weighted by Gasteiger charge is 2.36. The number of carbonyl (C=O) groups is 2. The van der Waals surface area contributed by atoms with Crippen LogP contribution in [0.25, 0.3) is 0 Å². The van der Waals surface area contributed by atoms with Crippen molar-refractivity contribution in [1.82, 2.24) is 0 Å². The number of rotatable bonds is 3. The number of hydrogen-bond acceptors (Lipinski definition) is 4. The summed E-state index contributed by atoms with van der Waals surface area (Å²) in [5.41, 5.74) is 0.321. The number of ether oxygens (including phenoxy) is 2. The van der Waals surface area contributed by atoms with Crippen LogP contribution in [0.15, 0.2) is 24.0 Å². The molecule has 0 bridgehead atoms. The minimum Gasteiger partial charge on any atom is -0.459 e. The van der Waals surface area contributed by atoms with Crippen LogP contribution in [-0.2, 0) is 19.1 Å². The van der Waals surface area contributed by atoms with Gasteiger partial charge in [-0.15, -0.1) is 0 Å². The van der Waals surface area contributed by atoms with E-state index in [1.54, 1.807) is 0 Å². The average molecular weight is 252 g/mol. The number of esters is 2. The maximum atomic E-state index is 11.1. The van der Waals surface area contributed by atoms with Gasteiger partial charge in [0.2, 0.25) is 0 Å². The molecule has 0 aromatic heterocycles. The first-order chi connectivity index (χ1) is 8.22. The van der Waals surface area contributed by atoms with Crippen molar-refractivity contribution >= 4 is 11.9 Å². The second-order valence-electron chi connectivity index (χ2n) is 5.08. The molecule has 0 aromatic rings. The SMILES string of the molecule is C=C1CC(OC(C)=O)=CC[C@H]1C(C)(C)OC(C)=O. The van der Waals surface area contributed by atoms with Crippen molar-refractivity contribution in [1.29, 1.82) is 0 Å². The first-order valence-corrected chi connectivity index (χ1v) is 5.97. The molecule has 0 saturated heterocycles. The zero-order valence-electron chi connectivity index (χ0n) is 11.4. The summed E-state index contributed by atoms with van der Waals surface area (Å²) in [5.74, 6) is 0.0393. The van der Waals surface area contributed by atoms with Crippen LogP contribution in [0.1, 0.15) is 40.5 Å². The van der Waals surface area contributed by atoms with Gasteiger partial charge in [0.25, 0.3) is 0 Å². The minimum atomic E-state index is -0.596. The number of hydrogen-bond donors (Lipinski definition) is 0. The Kier molecular flexibility index (Phi) is 4.33. The van der Waals surface area contributed by atoms with E-state index < -0.39 is 5.60 Å². The molecule has 0 fully saturated rings. The Hall–Kier alpha value is -1.58. The van der Waals surface area contributed by atoms with Gasteiger partial charge in [0.1, 0.15) is 11.4 Å². The molecule has 0 saturated carbocycles. The zero-order valence-corrected chi connectivity index (χ0v) is 11.4. The molecule has 1 aliphatic rings. The van der Waals surface area contributed by atoms with E-state index in [2.05, 4.69) is 6.58 Å². The van der Waals surface area contributed by atoms with Gasteiger partial charge in [-0.25, -0.2) is 0 Å². The average Bonchev–Trinajstić information content (AvgIpc) is 2.13. The Labute approximate surface area is 108 Å². The Morgan fingerprint density at radius 3 is 2.39 bits per heavy atom. The maximum Gasteiger partial charge on any atom is 0.307 e. The molecule has 0 radical (unpaired) electrons. The van der Waals surface area contributed by atoms with Crippen molar-refractivity contribution in [2.45, 2.75) is 46.1 Å². The van der Waals surface area contributed by atoms with E-state index in [9.17, 15) is 9.59 Å². The van der Waals surface area contributed by atoms with Gasteiger partial charge in [-0.3, -0.25) is 9.59 Å². The van der Waals surface area contributed by atoms with Crippen LogP contribution in [0.5, 0.6) is 0 Å². The van der Waals surface area contributed by atoms with Crippen LogP contribution in [-0.4, -0.2) is 17.5 Å². The van der Waals surface area contributed by atoms with Crippen molar-refractivity contribution < 1.29 is 19.1 Å². The van der Waals surface area contributed by atoms with E-state index in [0.29, 0.717) is 18.6 Å². The molecule has 0 aliphatic heterocycles. The van der Waals surface area contributed by atoms with Crippen LogP contribution >= 0.6 is 0 Å². The number of carbonyl (C=O) groups excluding carboxylic acids is 2. The molecule has 0 unspecified atom stereocenters. The lowest BCUT2D eigenvalue weighted by Crippen LogP contribution is -2.38. The fraction of sp³-hybridized carbons (Fsp3) is 0.571. The molecule has 0 amide bonds. The van der Waals surface area contributed by atoms with Gasteiger partial charge in [-0.05, 0) is 26.3 Å². The first kappa shape index (κ1) is 14.5. The number of allylic oxidation sites excluding steroid dienone is 2. The Morgan fingerprint density at radius 1 is 1.33 bits per heavy atom. The van der Waals surface area contributed by atoms with E-state index >= 15 is 0 Å². The molecule has 0 N–H and O–H groups in total. The summed E-state index contributed by atoms with van der Waals surface area (Å²) in [6.07, 6.45) is 3.03. The van der Waals surface area contributed by atoms with Gasteiger partial charge in [-0.2, -0.15) is 0 Å². The summed E-state index contributed by atoms with van der Waals surface area (Å²) in [6, 6.07) is 0. The third-order valence-corrected chi connectivity index (χ3v) is 3.00. The normalized spacial score (nSPS) is 20.1. The summed E-state index contributed by atoms with van der Waals surface area (Å²) in [6.45, 7) is 10.5. The van der Waals surface area contributed by atoms with E-state index in [1.165, 1.54) is 13.8 Å². The fourth-order valence-electron chi connectivity index (χ4n) is 2.31. The highest BCUT2D eigenvalue weighted by molar-refractivity contribution is 5.67. The Bertz CT molecular complexity index is 404. The summed E-state index contributed by atoms with van der Waals surface area (Å²) in [5, 5.41) is 0. The Morgan fingerprint density at radius 2 is 1.94 bits per heavy atom. The van der Waals surface area contributed by atoms with Gasteiger partial charge < -0.3 is 9.47 Å². The summed E-state index contributed by atoms with van der Waals surface area (Å²) in [7, 11) is 0. The van der Waals surface area contributed by atoms with Crippen molar-refractivity contribution in [3.8, 4) is 0 Å². The standard InChI is InChI=1S/C14H20O4/c1-9-8-12(17-10(2)15)6-7-13(9)14(4,5)18-11(3)16/h6,13H,1,7-8H2,2-5H3/t13-/m1/s1. The third-order valence-electron chi connectivity index (χ3n) is 3.00. The van der Waals surface area contributed by atoms with Crippen molar-refractivity contribution in [3.05, 3.63) is 24.0 Å². The summed E-state index contributed by atoms with van der Waals surface area (Å²) < 4.78 is 10.4. The molecule has 0 heterocycles. The van der Waals surface area contributed by atoms with Crippen LogP contribution in [0.2, 0.25) is 0 Å². The molecule has 1 aliphatic carbocycles. The van der Waals surface area contributed by atoms with Crippen LogP contribution in [0.3, 0.4) is 0 Å². The van der Waals surface area contributed by atoms with E-state index in [1.807, 2.05) is 19.9 Å². The molecule has 0 spiro atoms. The highest BCUT2D eigenvalue weighted by atomic mass is 16.6. The molecule has 100 valence electrons. The third kappa shape index (κ3) is 3.72. The predicted octanol–water partition coefficient (Wildman–Crippen LogP) is 2.74. The van der Waals surface area contributed by atoms with Crippen LogP contribution < -0.4 is 0 Å². The minimum absolute atomic E-state index is 0.0423. The van der Waals surface area contributed by atoms with E-state index in [4.69, 9.17) is 9.47 Å². The monoisotopic (exact) mass is 252 g/mol. The van der Waals surface area contributed by atoms with Crippen molar-refractivity contribution in [2.75, 3.05) is 0 Å². The first-order valence-electron chi connectivity index (χ1n) is 5.97. The van der Waals surface area contributed by atoms with Gasteiger partial charge in [0.15, 0.2) is 0 Å². The second-order valence-corrected chi connectivity index (χ2v) is 5.08. The fourth-order valence-corrected chi connectivity index (χ4v) is 2.31. The highest BCUT2D eigenvalue weighted by Crippen LogP contribution is 2.37. The molecular weight excluding hydrogens is 232 g/mol. The lowest BCUT2D eigenvalue weighted by atomic mass is 9.78. The van der Waals surface area contributed by atoms with Gasteiger partial charge >= 0.3 is 11.9 Å². The van der Waals surface area contributed by atoms with Gasteiger partial charge in [0.05, 0.1) is 0 Å². The summed E-state index contributed by atoms with van der Waals surface area (Å²) >= 11 is 0. The topological polar surface area (TPSA) is 52.6 Å². The lowest BCUT2D eigenvalue weighted by molar-refractivity contribution is -0.157. The van der Waals surface area contributed by atoms with Crippen LogP contribution in [0, 0.1) is 5.92 Å². The lowest BCUT2D eigenvalue weighted by Gasteiger charge is -2.36. The summed E-state index contributed by atoms with van der Waals surface area (Å²) in [4.78, 5) is 22.0. The molecule has 1 rings (SSSR count). The quantitative estimate of drug-likeness (QED) is 0.572. The maximum absolute atomic E-state index is 11.1. The smallest absolute Gasteiger partial charge is 0.307 e. The Balaban J connectivity index is 2.77. The second kappa shape index (κ2) is 5.38. The zero-order chi connectivity index (χ0) is 13.9. The molecule has 4 heteroatoms.